The Labute approximate surface area is 75.6 Å². The van der Waals surface area contributed by atoms with E-state index in [1.54, 1.807) is 0 Å². The van der Waals surface area contributed by atoms with Gasteiger partial charge in [-0.1, -0.05) is 6.42 Å². The van der Waals surface area contributed by atoms with Gasteiger partial charge in [0, 0.05) is 13.2 Å². The molecule has 0 bridgehead atoms. The van der Waals surface area contributed by atoms with Gasteiger partial charge >= 0.3 is 0 Å². The summed E-state index contributed by atoms with van der Waals surface area (Å²) in [6, 6.07) is 0. The molecule has 1 N–H and O–H groups in total. The van der Waals surface area contributed by atoms with Crippen molar-refractivity contribution in [3.8, 4) is 12.8 Å². The van der Waals surface area contributed by atoms with Crippen molar-refractivity contribution in [1.82, 2.24) is 4.90 Å². The van der Waals surface area contributed by atoms with E-state index in [2.05, 4.69) is 17.7 Å². The molecule has 0 unspecified atom stereocenters. The lowest BCUT2D eigenvalue weighted by Crippen LogP contribution is -2.30. The molecule has 1 heterocycles. The van der Waals surface area contributed by atoms with Gasteiger partial charge in [-0.05, 0) is 32.4 Å². The molecule has 0 amide bonds. The first kappa shape index (κ1) is 11.5. The third-order valence-electron chi connectivity index (χ3n) is 2.08. The van der Waals surface area contributed by atoms with Gasteiger partial charge in [-0.3, -0.25) is 0 Å². The highest BCUT2D eigenvalue weighted by atomic mass is 16.3. The van der Waals surface area contributed by atoms with Crippen molar-refractivity contribution < 1.29 is 5.11 Å². The summed E-state index contributed by atoms with van der Waals surface area (Å²) in [6.07, 6.45) is 13.0. The molecule has 0 spiro atoms. The molecule has 0 aromatic carbocycles. The molecule has 1 saturated heterocycles. The Morgan fingerprint density at radius 3 is 2.17 bits per heavy atom. The quantitative estimate of drug-likeness (QED) is 0.640. The van der Waals surface area contributed by atoms with Crippen LogP contribution in [0.5, 0.6) is 0 Å². The van der Waals surface area contributed by atoms with Crippen LogP contribution in [0.25, 0.3) is 0 Å². The molecule has 1 rings (SSSR count). The smallest absolute Gasteiger partial charge is 0.0443 e. The zero-order valence-corrected chi connectivity index (χ0v) is 7.71. The Kier molecular flexibility index (Phi) is 8.20. The van der Waals surface area contributed by atoms with E-state index in [0.717, 1.165) is 13.0 Å². The van der Waals surface area contributed by atoms with Crippen LogP contribution in [0.1, 0.15) is 25.7 Å². The lowest BCUT2D eigenvalue weighted by molar-refractivity contribution is 0.198. The van der Waals surface area contributed by atoms with Crippen LogP contribution in [-0.2, 0) is 0 Å². The maximum atomic E-state index is 8.57. The first-order valence-electron chi connectivity index (χ1n) is 4.60. The fourth-order valence-corrected chi connectivity index (χ4v) is 1.48. The SMILES string of the molecule is C#C.OCCCN1CCCCC1. The average Bonchev–Trinajstić information content (AvgIpc) is 2.19. The van der Waals surface area contributed by atoms with E-state index in [-0.39, 0.29) is 0 Å². The average molecular weight is 169 g/mol. The van der Waals surface area contributed by atoms with E-state index in [4.69, 9.17) is 5.11 Å². The van der Waals surface area contributed by atoms with E-state index in [1.165, 1.54) is 32.4 Å². The van der Waals surface area contributed by atoms with Crippen LogP contribution in [0.3, 0.4) is 0 Å². The second-order valence-corrected chi connectivity index (χ2v) is 2.98. The van der Waals surface area contributed by atoms with Gasteiger partial charge in [-0.2, -0.15) is 0 Å². The molecule has 0 atom stereocenters. The molecule has 0 saturated carbocycles. The molecule has 2 heteroatoms. The van der Waals surface area contributed by atoms with Crippen LogP contribution in [0, 0.1) is 12.8 Å². The van der Waals surface area contributed by atoms with Gasteiger partial charge in [0.15, 0.2) is 0 Å². The standard InChI is InChI=1S/C8H17NO.C2H2/c10-8-4-7-9-5-2-1-3-6-9;1-2/h10H,1-8H2;1-2H. The lowest BCUT2D eigenvalue weighted by Gasteiger charge is -2.25. The van der Waals surface area contributed by atoms with E-state index in [1.807, 2.05) is 0 Å². The number of nitrogens with zero attached hydrogens (tertiary/aromatic N) is 1. The van der Waals surface area contributed by atoms with E-state index >= 15 is 0 Å². The molecule has 1 aliphatic heterocycles. The number of piperidine rings is 1. The number of hydrogen-bond acceptors (Lipinski definition) is 2. The fourth-order valence-electron chi connectivity index (χ4n) is 1.48. The van der Waals surface area contributed by atoms with Crippen molar-refractivity contribution >= 4 is 0 Å². The van der Waals surface area contributed by atoms with Gasteiger partial charge in [-0.15, -0.1) is 12.8 Å². The second-order valence-electron chi connectivity index (χ2n) is 2.98. The van der Waals surface area contributed by atoms with E-state index in [9.17, 15) is 0 Å². The number of hydrogen-bond donors (Lipinski definition) is 1. The number of terminal acetylenes is 1. The van der Waals surface area contributed by atoms with Gasteiger partial charge in [-0.25, -0.2) is 0 Å². The molecule has 0 aromatic heterocycles. The largest absolute Gasteiger partial charge is 0.396 e. The predicted molar refractivity (Wildman–Crippen MR) is 51.9 cm³/mol. The Morgan fingerprint density at radius 2 is 1.67 bits per heavy atom. The Bertz CT molecular complexity index is 106. The molecule has 2 nitrogen and oxygen atoms in total. The van der Waals surface area contributed by atoms with Crippen LogP contribution >= 0.6 is 0 Å². The monoisotopic (exact) mass is 169 g/mol. The molecule has 12 heavy (non-hydrogen) atoms. The molecule has 0 aliphatic carbocycles. The second kappa shape index (κ2) is 8.58. The first-order chi connectivity index (χ1) is 5.93. The molecule has 0 radical (unpaired) electrons. The van der Waals surface area contributed by atoms with E-state index in [0.29, 0.717) is 6.61 Å². The van der Waals surface area contributed by atoms with Crippen molar-refractivity contribution in [1.29, 1.82) is 0 Å². The molecular formula is C10H19NO. The summed E-state index contributed by atoms with van der Waals surface area (Å²) >= 11 is 0. The zero-order chi connectivity index (χ0) is 9.23. The van der Waals surface area contributed by atoms with Crippen LogP contribution in [0.2, 0.25) is 0 Å². The lowest BCUT2D eigenvalue weighted by atomic mass is 10.1. The maximum Gasteiger partial charge on any atom is 0.0443 e. The van der Waals surface area contributed by atoms with Crippen LogP contribution in [0.4, 0.5) is 0 Å². The Hall–Kier alpha value is -0.520. The van der Waals surface area contributed by atoms with Gasteiger partial charge in [0.2, 0.25) is 0 Å². The van der Waals surface area contributed by atoms with Crippen molar-refractivity contribution in [2.45, 2.75) is 25.7 Å². The van der Waals surface area contributed by atoms with Crippen molar-refractivity contribution in [2.75, 3.05) is 26.2 Å². The summed E-state index contributed by atoms with van der Waals surface area (Å²) in [7, 11) is 0. The van der Waals surface area contributed by atoms with Crippen molar-refractivity contribution in [2.24, 2.45) is 0 Å². The normalized spacial score (nSPS) is 17.9. The van der Waals surface area contributed by atoms with Gasteiger partial charge in [0.25, 0.3) is 0 Å². The number of likely N-dealkylation sites (tertiary alicyclic amines) is 1. The Morgan fingerprint density at radius 1 is 1.08 bits per heavy atom. The first-order valence-corrected chi connectivity index (χ1v) is 4.60. The number of aliphatic hydroxyl groups is 1. The summed E-state index contributed by atoms with van der Waals surface area (Å²) in [5.41, 5.74) is 0. The third-order valence-corrected chi connectivity index (χ3v) is 2.08. The Balaban J connectivity index is 0.000000561. The van der Waals surface area contributed by atoms with Crippen molar-refractivity contribution in [3.63, 3.8) is 0 Å². The minimum Gasteiger partial charge on any atom is -0.396 e. The van der Waals surface area contributed by atoms with Gasteiger partial charge in [0.05, 0.1) is 0 Å². The summed E-state index contributed by atoms with van der Waals surface area (Å²) in [5.74, 6) is 0. The third kappa shape index (κ3) is 5.17. The number of rotatable bonds is 3. The number of aliphatic hydroxyl groups excluding tert-OH is 1. The summed E-state index contributed by atoms with van der Waals surface area (Å²) in [5, 5.41) is 8.57. The molecular weight excluding hydrogens is 150 g/mol. The minimum atomic E-state index is 0.344. The van der Waals surface area contributed by atoms with Gasteiger partial charge in [0.1, 0.15) is 0 Å². The predicted octanol–water partition coefficient (Wildman–Crippen LogP) is 1.10. The maximum absolute atomic E-state index is 8.57. The topological polar surface area (TPSA) is 23.5 Å². The molecule has 0 aromatic rings. The van der Waals surface area contributed by atoms with Crippen molar-refractivity contribution in [3.05, 3.63) is 0 Å². The summed E-state index contributed by atoms with van der Waals surface area (Å²) in [4.78, 5) is 2.44. The summed E-state index contributed by atoms with van der Waals surface area (Å²) < 4.78 is 0. The highest BCUT2D eigenvalue weighted by Gasteiger charge is 2.07. The summed E-state index contributed by atoms with van der Waals surface area (Å²) in [6.45, 7) is 3.94. The van der Waals surface area contributed by atoms with E-state index < -0.39 is 0 Å². The highest BCUT2D eigenvalue weighted by Crippen LogP contribution is 2.08. The minimum absolute atomic E-state index is 0.344. The van der Waals surface area contributed by atoms with Gasteiger partial charge < -0.3 is 10.0 Å². The molecule has 70 valence electrons. The zero-order valence-electron chi connectivity index (χ0n) is 7.71. The van der Waals surface area contributed by atoms with Crippen LogP contribution < -0.4 is 0 Å². The highest BCUT2D eigenvalue weighted by molar-refractivity contribution is 4.63. The van der Waals surface area contributed by atoms with Crippen LogP contribution in [0.15, 0.2) is 0 Å². The van der Waals surface area contributed by atoms with Crippen LogP contribution in [-0.4, -0.2) is 36.2 Å². The molecule has 1 fully saturated rings. The molecule has 1 aliphatic rings. The fraction of sp³-hybridized carbons (Fsp3) is 0.800.